The van der Waals surface area contributed by atoms with Gasteiger partial charge >= 0.3 is 0 Å². The third-order valence-corrected chi connectivity index (χ3v) is 5.69. The van der Waals surface area contributed by atoms with E-state index in [1.54, 1.807) is 24.3 Å². The van der Waals surface area contributed by atoms with Crippen LogP contribution in [0.3, 0.4) is 0 Å². The largest absolute Gasteiger partial charge is 0.491 e. The second-order valence-corrected chi connectivity index (χ2v) is 8.53. The molecule has 0 spiro atoms. The minimum absolute atomic E-state index is 0.146. The van der Waals surface area contributed by atoms with Crippen molar-refractivity contribution in [2.45, 2.75) is 32.1 Å². The predicted octanol–water partition coefficient (Wildman–Crippen LogP) is 4.71. The van der Waals surface area contributed by atoms with Crippen LogP contribution in [0.25, 0.3) is 0 Å². The summed E-state index contributed by atoms with van der Waals surface area (Å²) < 4.78 is 32.4. The lowest BCUT2D eigenvalue weighted by atomic mass is 10.0. The van der Waals surface area contributed by atoms with Crippen molar-refractivity contribution in [2.24, 2.45) is 5.16 Å². The molecule has 178 valence electrons. The zero-order valence-corrected chi connectivity index (χ0v) is 19.0. The van der Waals surface area contributed by atoms with Gasteiger partial charge in [0.25, 0.3) is 0 Å². The summed E-state index contributed by atoms with van der Waals surface area (Å²) in [4.78, 5) is 7.69. The second-order valence-electron chi connectivity index (χ2n) is 8.53. The van der Waals surface area contributed by atoms with E-state index in [0.717, 1.165) is 28.2 Å². The molecule has 2 atom stereocenters. The van der Waals surface area contributed by atoms with Crippen molar-refractivity contribution in [1.29, 1.82) is 0 Å². The molecule has 0 aliphatic carbocycles. The van der Waals surface area contributed by atoms with Gasteiger partial charge in [-0.1, -0.05) is 47.6 Å². The maximum absolute atomic E-state index is 13.4. The van der Waals surface area contributed by atoms with Gasteiger partial charge in [0.05, 0.1) is 5.71 Å². The number of halogens is 2. The SMILES string of the molecule is Cc1ccccc1OC[C@@H](O)CN(Cc1ccc(F)cc1)C[C@H]1CC(c2ccc(F)cc2)=NO1. The van der Waals surface area contributed by atoms with Crippen LogP contribution in [0.5, 0.6) is 5.75 Å². The van der Waals surface area contributed by atoms with Gasteiger partial charge in [0, 0.05) is 26.1 Å². The Balaban J connectivity index is 1.38. The number of nitrogens with zero attached hydrogens (tertiary/aromatic N) is 2. The first-order valence-corrected chi connectivity index (χ1v) is 11.3. The molecule has 0 aromatic heterocycles. The van der Waals surface area contributed by atoms with Crippen molar-refractivity contribution in [2.75, 3.05) is 19.7 Å². The molecule has 0 saturated heterocycles. The molecule has 5 nitrogen and oxygen atoms in total. The Bertz CT molecular complexity index is 1100. The van der Waals surface area contributed by atoms with Crippen LogP contribution < -0.4 is 4.74 Å². The van der Waals surface area contributed by atoms with Gasteiger partial charge in [-0.15, -0.1) is 0 Å². The predicted molar refractivity (Wildman–Crippen MR) is 127 cm³/mol. The van der Waals surface area contributed by atoms with E-state index in [0.29, 0.717) is 26.1 Å². The van der Waals surface area contributed by atoms with E-state index < -0.39 is 6.10 Å². The van der Waals surface area contributed by atoms with Crippen molar-refractivity contribution in [3.8, 4) is 5.75 Å². The normalized spacial score (nSPS) is 16.3. The molecule has 1 aliphatic heterocycles. The Morgan fingerprint density at radius 3 is 2.41 bits per heavy atom. The highest BCUT2D eigenvalue weighted by Gasteiger charge is 2.26. The van der Waals surface area contributed by atoms with Gasteiger partial charge in [-0.2, -0.15) is 0 Å². The molecule has 3 aromatic carbocycles. The number of aliphatic hydroxyl groups excluding tert-OH is 1. The van der Waals surface area contributed by atoms with Crippen molar-refractivity contribution in [3.63, 3.8) is 0 Å². The first-order valence-electron chi connectivity index (χ1n) is 11.3. The van der Waals surface area contributed by atoms with Crippen LogP contribution in [-0.2, 0) is 11.4 Å². The molecule has 0 fully saturated rings. The number of aliphatic hydroxyl groups is 1. The fraction of sp³-hybridized carbons (Fsp3) is 0.296. The van der Waals surface area contributed by atoms with Crippen LogP contribution in [-0.4, -0.2) is 47.6 Å². The number of hydrogen-bond acceptors (Lipinski definition) is 5. The Morgan fingerprint density at radius 2 is 1.71 bits per heavy atom. The minimum atomic E-state index is -0.737. The molecule has 0 saturated carbocycles. The summed E-state index contributed by atoms with van der Waals surface area (Å²) in [6, 6.07) is 20.1. The quantitative estimate of drug-likeness (QED) is 0.470. The fourth-order valence-corrected chi connectivity index (χ4v) is 3.93. The highest BCUT2D eigenvalue weighted by atomic mass is 19.1. The summed E-state index contributed by atoms with van der Waals surface area (Å²) in [6.07, 6.45) is -0.384. The van der Waals surface area contributed by atoms with E-state index >= 15 is 0 Å². The average molecular weight is 467 g/mol. The van der Waals surface area contributed by atoms with Gasteiger partial charge in [-0.3, -0.25) is 4.90 Å². The van der Waals surface area contributed by atoms with Crippen LogP contribution in [0.4, 0.5) is 8.78 Å². The van der Waals surface area contributed by atoms with Gasteiger partial charge in [-0.05, 0) is 53.9 Å². The third kappa shape index (κ3) is 6.62. The number of oxime groups is 1. The van der Waals surface area contributed by atoms with Crippen LogP contribution in [0.2, 0.25) is 0 Å². The van der Waals surface area contributed by atoms with Crippen molar-refractivity contribution in [3.05, 3.63) is 101 Å². The number of aryl methyl sites for hydroxylation is 1. The summed E-state index contributed by atoms with van der Waals surface area (Å²) in [5, 5.41) is 14.9. The maximum Gasteiger partial charge on any atom is 0.145 e. The fourth-order valence-electron chi connectivity index (χ4n) is 3.93. The minimum Gasteiger partial charge on any atom is -0.491 e. The van der Waals surface area contributed by atoms with E-state index in [4.69, 9.17) is 9.57 Å². The third-order valence-electron chi connectivity index (χ3n) is 5.69. The topological polar surface area (TPSA) is 54.3 Å². The van der Waals surface area contributed by atoms with Gasteiger partial charge < -0.3 is 14.7 Å². The molecular formula is C27H28F2N2O3. The number of benzene rings is 3. The molecule has 1 N–H and O–H groups in total. The van der Waals surface area contributed by atoms with Gasteiger partial charge in [-0.25, -0.2) is 8.78 Å². The number of para-hydroxylation sites is 1. The molecule has 7 heteroatoms. The van der Waals surface area contributed by atoms with Crippen molar-refractivity contribution >= 4 is 5.71 Å². The molecule has 0 radical (unpaired) electrons. The van der Waals surface area contributed by atoms with E-state index in [2.05, 4.69) is 5.16 Å². The number of hydrogen-bond donors (Lipinski definition) is 1. The second kappa shape index (κ2) is 11.2. The van der Waals surface area contributed by atoms with Crippen LogP contribution in [0, 0.1) is 18.6 Å². The molecule has 0 unspecified atom stereocenters. The molecule has 3 aromatic rings. The molecular weight excluding hydrogens is 438 g/mol. The van der Waals surface area contributed by atoms with Crippen LogP contribution >= 0.6 is 0 Å². The highest BCUT2D eigenvalue weighted by molar-refractivity contribution is 6.01. The van der Waals surface area contributed by atoms with E-state index in [1.807, 2.05) is 36.1 Å². The Labute approximate surface area is 198 Å². The Hall–Kier alpha value is -3.29. The first kappa shape index (κ1) is 23.9. The van der Waals surface area contributed by atoms with Crippen molar-refractivity contribution in [1.82, 2.24) is 4.90 Å². The molecule has 0 amide bonds. The van der Waals surface area contributed by atoms with E-state index in [9.17, 15) is 13.9 Å². The summed E-state index contributed by atoms with van der Waals surface area (Å²) >= 11 is 0. The zero-order chi connectivity index (χ0) is 23.9. The molecule has 1 aliphatic rings. The summed E-state index contributed by atoms with van der Waals surface area (Å²) in [7, 11) is 0. The highest BCUT2D eigenvalue weighted by Crippen LogP contribution is 2.20. The molecule has 0 bridgehead atoms. The lowest BCUT2D eigenvalue weighted by molar-refractivity contribution is 0.0212. The molecule has 4 rings (SSSR count). The van der Waals surface area contributed by atoms with E-state index in [1.165, 1.54) is 24.3 Å². The van der Waals surface area contributed by atoms with Crippen LogP contribution in [0.1, 0.15) is 23.1 Å². The Kier molecular flexibility index (Phi) is 7.87. The monoisotopic (exact) mass is 466 g/mol. The molecule has 34 heavy (non-hydrogen) atoms. The van der Waals surface area contributed by atoms with E-state index in [-0.39, 0.29) is 24.3 Å². The summed E-state index contributed by atoms with van der Waals surface area (Å²) in [6.45, 7) is 3.46. The number of ether oxygens (including phenoxy) is 1. The van der Waals surface area contributed by atoms with Crippen molar-refractivity contribution < 1.29 is 23.5 Å². The standard InChI is InChI=1S/C27H28F2N2O3/c1-19-4-2-3-5-27(19)33-18-24(32)16-31(15-20-6-10-22(28)11-7-20)17-25-14-26(30-34-25)21-8-12-23(29)13-9-21/h2-13,24-25,32H,14-18H2,1H3/t24-,25+/m0/s1. The molecule has 1 heterocycles. The maximum atomic E-state index is 13.4. The first-order chi connectivity index (χ1) is 16.5. The lowest BCUT2D eigenvalue weighted by Gasteiger charge is -2.27. The van der Waals surface area contributed by atoms with Gasteiger partial charge in [0.2, 0.25) is 0 Å². The van der Waals surface area contributed by atoms with Crippen LogP contribution in [0.15, 0.2) is 78.0 Å². The van der Waals surface area contributed by atoms with Gasteiger partial charge in [0.1, 0.15) is 36.2 Å². The summed E-state index contributed by atoms with van der Waals surface area (Å²) in [5.41, 5.74) is 3.50. The zero-order valence-electron chi connectivity index (χ0n) is 19.0. The lowest BCUT2D eigenvalue weighted by Crippen LogP contribution is -2.39. The van der Waals surface area contributed by atoms with Gasteiger partial charge in [0.15, 0.2) is 0 Å². The number of rotatable bonds is 10. The Morgan fingerprint density at radius 1 is 1.03 bits per heavy atom. The average Bonchev–Trinajstić information content (AvgIpc) is 3.29. The summed E-state index contributed by atoms with van der Waals surface area (Å²) in [5.74, 6) is 0.147. The smallest absolute Gasteiger partial charge is 0.145 e.